The third kappa shape index (κ3) is 47.2. The number of quaternary nitrogens is 1. The molecule has 0 fully saturated rings. The number of carbonyl (C=O) groups excluding carboxylic acids is 2. The number of phosphoric acid groups is 1. The molecular weight excluding hydrogens is 798 g/mol. The van der Waals surface area contributed by atoms with Crippen molar-refractivity contribution < 1.29 is 42.1 Å². The van der Waals surface area contributed by atoms with Gasteiger partial charge in [0.1, 0.15) is 19.8 Å². The predicted molar refractivity (Wildman–Crippen MR) is 259 cm³/mol. The molecular formula is C52H94NO8P. The van der Waals surface area contributed by atoms with Crippen LogP contribution in [0, 0.1) is 0 Å². The Morgan fingerprint density at radius 1 is 0.516 bits per heavy atom. The summed E-state index contributed by atoms with van der Waals surface area (Å²) < 4.78 is 34.0. The van der Waals surface area contributed by atoms with Crippen molar-refractivity contribution in [2.24, 2.45) is 0 Å². The van der Waals surface area contributed by atoms with E-state index in [1.165, 1.54) is 89.9 Å². The number of rotatable bonds is 45. The van der Waals surface area contributed by atoms with Gasteiger partial charge >= 0.3 is 11.9 Å². The third-order valence-corrected chi connectivity index (χ3v) is 11.5. The second-order valence-electron chi connectivity index (χ2n) is 17.8. The van der Waals surface area contributed by atoms with E-state index in [4.69, 9.17) is 18.5 Å². The number of unbranched alkanes of at least 4 members (excludes halogenated alkanes) is 21. The van der Waals surface area contributed by atoms with E-state index in [2.05, 4.69) is 74.6 Å². The smallest absolute Gasteiger partial charge is 0.306 e. The van der Waals surface area contributed by atoms with E-state index in [1.807, 2.05) is 21.1 Å². The average Bonchev–Trinajstić information content (AvgIpc) is 3.23. The van der Waals surface area contributed by atoms with Crippen LogP contribution in [-0.4, -0.2) is 70.0 Å². The van der Waals surface area contributed by atoms with Crippen LogP contribution in [0.2, 0.25) is 0 Å². The predicted octanol–water partition coefficient (Wildman–Crippen LogP) is 14.2. The quantitative estimate of drug-likeness (QED) is 0.0195. The van der Waals surface area contributed by atoms with Crippen LogP contribution in [0.4, 0.5) is 0 Å². The van der Waals surface area contributed by atoms with Gasteiger partial charge in [0.15, 0.2) is 6.10 Å². The fraction of sp³-hybridized carbons (Fsp3) is 0.769. The summed E-state index contributed by atoms with van der Waals surface area (Å²) in [6.07, 6.45) is 53.9. The maximum absolute atomic E-state index is 12.7. The lowest BCUT2D eigenvalue weighted by molar-refractivity contribution is -0.870. The molecule has 2 unspecified atom stereocenters. The molecule has 0 rings (SSSR count). The van der Waals surface area contributed by atoms with Crippen LogP contribution in [0.25, 0.3) is 0 Å². The first-order valence-corrected chi connectivity index (χ1v) is 26.5. The highest BCUT2D eigenvalue weighted by Gasteiger charge is 2.21. The van der Waals surface area contributed by atoms with Crippen molar-refractivity contribution in [2.45, 2.75) is 213 Å². The van der Waals surface area contributed by atoms with Crippen molar-refractivity contribution in [3.8, 4) is 0 Å². The molecule has 0 radical (unpaired) electrons. The van der Waals surface area contributed by atoms with Gasteiger partial charge in [-0.3, -0.25) is 14.2 Å². The summed E-state index contributed by atoms with van der Waals surface area (Å²) in [6, 6.07) is 0. The first kappa shape index (κ1) is 59.7. The number of hydrogen-bond donors (Lipinski definition) is 0. The molecule has 62 heavy (non-hydrogen) atoms. The molecule has 2 atom stereocenters. The van der Waals surface area contributed by atoms with Gasteiger partial charge in [0.2, 0.25) is 0 Å². The van der Waals surface area contributed by atoms with Crippen molar-refractivity contribution in [3.63, 3.8) is 0 Å². The minimum atomic E-state index is -4.63. The summed E-state index contributed by atoms with van der Waals surface area (Å²) >= 11 is 0. The lowest BCUT2D eigenvalue weighted by atomic mass is 10.0. The molecule has 0 aliphatic carbocycles. The van der Waals surface area contributed by atoms with Gasteiger partial charge in [0.05, 0.1) is 27.7 Å². The number of esters is 2. The van der Waals surface area contributed by atoms with E-state index in [-0.39, 0.29) is 26.1 Å². The minimum Gasteiger partial charge on any atom is -0.756 e. The highest BCUT2D eigenvalue weighted by atomic mass is 31.2. The number of hydrogen-bond acceptors (Lipinski definition) is 8. The zero-order valence-corrected chi connectivity index (χ0v) is 41.4. The van der Waals surface area contributed by atoms with Crippen molar-refractivity contribution in [3.05, 3.63) is 60.8 Å². The Morgan fingerprint density at radius 2 is 0.919 bits per heavy atom. The Kier molecular flexibility index (Phi) is 42.3. The van der Waals surface area contributed by atoms with Crippen LogP contribution in [0.5, 0.6) is 0 Å². The molecule has 0 bridgehead atoms. The Balaban J connectivity index is 4.21. The van der Waals surface area contributed by atoms with Gasteiger partial charge in [0, 0.05) is 12.8 Å². The van der Waals surface area contributed by atoms with Gasteiger partial charge in [0.25, 0.3) is 7.82 Å². The van der Waals surface area contributed by atoms with Crippen LogP contribution in [0.3, 0.4) is 0 Å². The van der Waals surface area contributed by atoms with Crippen LogP contribution in [0.15, 0.2) is 60.8 Å². The molecule has 0 aromatic carbocycles. The maximum atomic E-state index is 12.7. The van der Waals surface area contributed by atoms with E-state index in [1.54, 1.807) is 0 Å². The second-order valence-corrected chi connectivity index (χ2v) is 19.2. The molecule has 360 valence electrons. The highest BCUT2D eigenvalue weighted by molar-refractivity contribution is 7.45. The topological polar surface area (TPSA) is 111 Å². The fourth-order valence-electron chi connectivity index (χ4n) is 6.64. The van der Waals surface area contributed by atoms with Crippen molar-refractivity contribution in [1.82, 2.24) is 0 Å². The van der Waals surface area contributed by atoms with E-state index in [9.17, 15) is 19.0 Å². The molecule has 0 aromatic rings. The summed E-state index contributed by atoms with van der Waals surface area (Å²) in [5.41, 5.74) is 0. The molecule has 9 nitrogen and oxygen atoms in total. The molecule has 0 N–H and O–H groups in total. The summed E-state index contributed by atoms with van der Waals surface area (Å²) in [5, 5.41) is 0. The molecule has 0 saturated heterocycles. The lowest BCUT2D eigenvalue weighted by Crippen LogP contribution is -2.37. The number of nitrogens with zero attached hydrogens (tertiary/aromatic N) is 1. The van der Waals surface area contributed by atoms with Gasteiger partial charge in [-0.1, -0.05) is 177 Å². The molecule has 0 aliphatic heterocycles. The molecule has 0 amide bonds. The van der Waals surface area contributed by atoms with E-state index in [0.29, 0.717) is 17.4 Å². The average molecular weight is 892 g/mol. The van der Waals surface area contributed by atoms with Crippen LogP contribution in [-0.2, 0) is 32.7 Å². The zero-order valence-electron chi connectivity index (χ0n) is 40.6. The van der Waals surface area contributed by atoms with Crippen molar-refractivity contribution in [1.29, 1.82) is 0 Å². The lowest BCUT2D eigenvalue weighted by Gasteiger charge is -2.28. The molecule has 0 aliphatic rings. The summed E-state index contributed by atoms with van der Waals surface area (Å²) in [7, 11) is 1.16. The molecule has 0 spiro atoms. The Morgan fingerprint density at radius 3 is 1.39 bits per heavy atom. The van der Waals surface area contributed by atoms with Crippen LogP contribution in [0.1, 0.15) is 206 Å². The third-order valence-electron chi connectivity index (χ3n) is 10.5. The van der Waals surface area contributed by atoms with Gasteiger partial charge in [-0.05, 0) is 77.0 Å². The zero-order chi connectivity index (χ0) is 45.7. The van der Waals surface area contributed by atoms with Crippen LogP contribution >= 0.6 is 7.82 Å². The molecule has 0 aromatic heterocycles. The highest BCUT2D eigenvalue weighted by Crippen LogP contribution is 2.38. The first-order chi connectivity index (χ1) is 30.0. The Labute approximate surface area is 381 Å². The maximum Gasteiger partial charge on any atom is 0.306 e. The summed E-state index contributed by atoms with van der Waals surface area (Å²) in [6.45, 7) is 4.09. The number of ether oxygens (including phenoxy) is 2. The Bertz CT molecular complexity index is 1240. The van der Waals surface area contributed by atoms with E-state index in [0.717, 1.165) is 83.5 Å². The van der Waals surface area contributed by atoms with Crippen LogP contribution < -0.4 is 4.89 Å². The van der Waals surface area contributed by atoms with Gasteiger partial charge < -0.3 is 27.9 Å². The summed E-state index contributed by atoms with van der Waals surface area (Å²) in [5.74, 6) is -0.846. The first-order valence-electron chi connectivity index (χ1n) is 25.0. The monoisotopic (exact) mass is 892 g/mol. The van der Waals surface area contributed by atoms with Crippen molar-refractivity contribution >= 4 is 19.8 Å². The normalized spacial score (nSPS) is 14.0. The summed E-state index contributed by atoms with van der Waals surface area (Å²) in [4.78, 5) is 37.6. The van der Waals surface area contributed by atoms with Gasteiger partial charge in [-0.2, -0.15) is 0 Å². The molecule has 0 heterocycles. The number of likely N-dealkylation sites (N-methyl/N-ethyl adjacent to an activating group) is 1. The molecule has 0 saturated carbocycles. The van der Waals surface area contributed by atoms with Crippen molar-refractivity contribution in [2.75, 3.05) is 47.5 Å². The van der Waals surface area contributed by atoms with Gasteiger partial charge in [-0.15, -0.1) is 0 Å². The minimum absolute atomic E-state index is 0.0340. The fourth-order valence-corrected chi connectivity index (χ4v) is 7.37. The number of allylic oxidation sites excluding steroid dienone is 10. The number of phosphoric ester groups is 1. The number of carbonyl (C=O) groups is 2. The van der Waals surface area contributed by atoms with Gasteiger partial charge in [-0.25, -0.2) is 0 Å². The largest absolute Gasteiger partial charge is 0.756 e. The SMILES string of the molecule is CC/C=C\C/C=C\C/C=C\C/C=C\CCCCCCCCCCCCCCC(=O)OC(COC(=O)CCCCCCC/C=C\CCCCCC)COP(=O)([O-])OCC[N+](C)(C)C. The molecule has 10 heteroatoms. The van der Waals surface area contributed by atoms with E-state index >= 15 is 0 Å². The van der Waals surface area contributed by atoms with E-state index < -0.39 is 32.5 Å². The Hall–Kier alpha value is -2.29. The standard InChI is InChI=1S/C52H94NO8P/c1-6-8-10-12-14-16-18-20-21-22-23-24-25-26-27-28-29-30-31-33-35-37-39-41-43-45-52(55)61-50(49-60-62(56,57)59-47-46-53(3,4)5)48-58-51(54)44-42-40-38-36-34-32-19-17-15-13-11-9-7-2/h8,10,14,16-17,19-21,23-24,50H,6-7,9,11-13,15,18,22,25-49H2,1-5H3/b10-8-,16-14-,19-17-,21-20-,24-23-. The second kappa shape index (κ2) is 43.9.